The fraction of sp³-hybridized carbons (Fsp3) is 0.235. The van der Waals surface area contributed by atoms with Crippen molar-refractivity contribution in [2.75, 3.05) is 11.6 Å². The van der Waals surface area contributed by atoms with Crippen molar-refractivity contribution in [2.45, 2.75) is 25.2 Å². The van der Waals surface area contributed by atoms with Gasteiger partial charge in [0.05, 0.1) is 18.1 Å². The van der Waals surface area contributed by atoms with Gasteiger partial charge in [0, 0.05) is 6.54 Å². The standard InChI is InChI=1S/C17H19N5S/c1-4-9-22-16-14(11-19-22)15(20-17(21-16)23-3)18-10-13-8-6-5-7-12(13)2/h4-8,11H,1,9-10H2,2-3H3,(H,18,20,21). The number of aryl methyl sites for hydroxylation is 1. The summed E-state index contributed by atoms with van der Waals surface area (Å²) in [6, 6.07) is 8.33. The largest absolute Gasteiger partial charge is 0.365 e. The van der Waals surface area contributed by atoms with E-state index in [0.717, 1.165) is 28.6 Å². The fourth-order valence-corrected chi connectivity index (χ4v) is 2.76. The van der Waals surface area contributed by atoms with Crippen molar-refractivity contribution in [3.8, 4) is 0 Å². The molecular formula is C17H19N5S. The zero-order valence-electron chi connectivity index (χ0n) is 13.3. The summed E-state index contributed by atoms with van der Waals surface area (Å²) >= 11 is 1.52. The highest BCUT2D eigenvalue weighted by Crippen LogP contribution is 2.24. The van der Waals surface area contributed by atoms with Crippen LogP contribution in [0.2, 0.25) is 0 Å². The van der Waals surface area contributed by atoms with Crippen molar-refractivity contribution in [3.63, 3.8) is 0 Å². The Balaban J connectivity index is 1.96. The average molecular weight is 325 g/mol. The van der Waals surface area contributed by atoms with Gasteiger partial charge in [0.1, 0.15) is 5.82 Å². The zero-order valence-corrected chi connectivity index (χ0v) is 14.1. The number of hydrogen-bond donors (Lipinski definition) is 1. The molecule has 0 saturated carbocycles. The summed E-state index contributed by atoms with van der Waals surface area (Å²) in [7, 11) is 0. The van der Waals surface area contributed by atoms with E-state index < -0.39 is 0 Å². The Morgan fingerprint density at radius 1 is 1.30 bits per heavy atom. The molecule has 2 aromatic heterocycles. The fourth-order valence-electron chi connectivity index (χ4n) is 2.40. The van der Waals surface area contributed by atoms with Crippen LogP contribution in [0.25, 0.3) is 11.0 Å². The van der Waals surface area contributed by atoms with E-state index >= 15 is 0 Å². The summed E-state index contributed by atoms with van der Waals surface area (Å²) in [6.45, 7) is 7.23. The molecule has 0 radical (unpaired) electrons. The average Bonchev–Trinajstić information content (AvgIpc) is 2.97. The lowest BCUT2D eigenvalue weighted by Gasteiger charge is -2.10. The first kappa shape index (κ1) is 15.6. The van der Waals surface area contributed by atoms with Crippen molar-refractivity contribution < 1.29 is 0 Å². The van der Waals surface area contributed by atoms with Crippen LogP contribution in [-0.4, -0.2) is 26.0 Å². The molecule has 0 unspecified atom stereocenters. The van der Waals surface area contributed by atoms with E-state index in [1.807, 2.05) is 29.3 Å². The maximum Gasteiger partial charge on any atom is 0.191 e. The molecule has 1 aromatic carbocycles. The van der Waals surface area contributed by atoms with Crippen molar-refractivity contribution in [2.24, 2.45) is 0 Å². The molecule has 0 aliphatic heterocycles. The number of benzene rings is 1. The molecule has 118 valence electrons. The Morgan fingerprint density at radius 3 is 2.87 bits per heavy atom. The SMILES string of the molecule is C=CCn1ncc2c(NCc3ccccc3C)nc(SC)nc21. The number of allylic oxidation sites excluding steroid dienone is 1. The van der Waals surface area contributed by atoms with E-state index in [9.17, 15) is 0 Å². The minimum absolute atomic E-state index is 0.631. The third-order valence-corrected chi connectivity index (χ3v) is 4.22. The van der Waals surface area contributed by atoms with Gasteiger partial charge < -0.3 is 5.32 Å². The molecule has 0 bridgehead atoms. The first-order valence-electron chi connectivity index (χ1n) is 7.39. The van der Waals surface area contributed by atoms with Gasteiger partial charge in [-0.15, -0.1) is 6.58 Å². The molecule has 0 saturated heterocycles. The number of anilines is 1. The van der Waals surface area contributed by atoms with Gasteiger partial charge in [-0.1, -0.05) is 42.1 Å². The van der Waals surface area contributed by atoms with Gasteiger partial charge in [-0.3, -0.25) is 0 Å². The highest BCUT2D eigenvalue weighted by atomic mass is 32.2. The van der Waals surface area contributed by atoms with Crippen molar-refractivity contribution in [1.29, 1.82) is 0 Å². The summed E-state index contributed by atoms with van der Waals surface area (Å²) in [4.78, 5) is 9.17. The lowest BCUT2D eigenvalue weighted by molar-refractivity contribution is 0.715. The molecule has 3 rings (SSSR count). The Hall–Kier alpha value is -2.34. The summed E-state index contributed by atoms with van der Waals surface area (Å²) in [5.74, 6) is 0.818. The maximum absolute atomic E-state index is 4.60. The Labute approximate surface area is 139 Å². The van der Waals surface area contributed by atoms with Gasteiger partial charge in [0.2, 0.25) is 0 Å². The molecule has 1 N–H and O–H groups in total. The molecule has 6 heteroatoms. The van der Waals surface area contributed by atoms with Crippen LogP contribution in [0.3, 0.4) is 0 Å². The van der Waals surface area contributed by atoms with Crippen LogP contribution in [0, 0.1) is 6.92 Å². The Bertz CT molecular complexity index is 840. The maximum atomic E-state index is 4.60. The lowest BCUT2D eigenvalue weighted by Crippen LogP contribution is -2.06. The van der Waals surface area contributed by atoms with Gasteiger partial charge in [-0.2, -0.15) is 5.10 Å². The van der Waals surface area contributed by atoms with Crippen LogP contribution in [0.4, 0.5) is 5.82 Å². The van der Waals surface area contributed by atoms with E-state index in [-0.39, 0.29) is 0 Å². The molecular weight excluding hydrogens is 306 g/mol. The van der Waals surface area contributed by atoms with E-state index in [2.05, 4.69) is 52.1 Å². The van der Waals surface area contributed by atoms with E-state index in [1.54, 1.807) is 0 Å². The Morgan fingerprint density at radius 2 is 2.13 bits per heavy atom. The second-order valence-corrected chi connectivity index (χ2v) is 5.96. The van der Waals surface area contributed by atoms with Crippen molar-refractivity contribution in [1.82, 2.24) is 19.7 Å². The molecule has 23 heavy (non-hydrogen) atoms. The highest BCUT2D eigenvalue weighted by molar-refractivity contribution is 7.98. The summed E-state index contributed by atoms with van der Waals surface area (Å²) in [6.07, 6.45) is 5.59. The molecule has 3 aromatic rings. The van der Waals surface area contributed by atoms with Crippen LogP contribution < -0.4 is 5.32 Å². The van der Waals surface area contributed by atoms with Crippen LogP contribution >= 0.6 is 11.8 Å². The third-order valence-electron chi connectivity index (χ3n) is 3.67. The first-order valence-corrected chi connectivity index (χ1v) is 8.62. The van der Waals surface area contributed by atoms with Crippen molar-refractivity contribution >= 4 is 28.6 Å². The quantitative estimate of drug-likeness (QED) is 0.426. The van der Waals surface area contributed by atoms with Gasteiger partial charge in [-0.25, -0.2) is 14.6 Å². The van der Waals surface area contributed by atoms with Crippen LogP contribution in [0.1, 0.15) is 11.1 Å². The molecule has 2 heterocycles. The van der Waals surface area contributed by atoms with Gasteiger partial charge in [0.15, 0.2) is 10.8 Å². The number of thioether (sulfide) groups is 1. The van der Waals surface area contributed by atoms with Gasteiger partial charge >= 0.3 is 0 Å². The normalized spacial score (nSPS) is 10.9. The van der Waals surface area contributed by atoms with E-state index in [4.69, 9.17) is 0 Å². The molecule has 0 spiro atoms. The second kappa shape index (κ2) is 6.83. The zero-order chi connectivity index (χ0) is 16.2. The molecule has 0 fully saturated rings. The number of rotatable bonds is 6. The van der Waals surface area contributed by atoms with Crippen molar-refractivity contribution in [3.05, 3.63) is 54.2 Å². The van der Waals surface area contributed by atoms with Gasteiger partial charge in [-0.05, 0) is 24.3 Å². The Kier molecular flexibility index (Phi) is 4.62. The minimum Gasteiger partial charge on any atom is -0.365 e. The molecule has 0 amide bonds. The van der Waals surface area contributed by atoms with E-state index in [1.165, 1.54) is 22.9 Å². The number of nitrogens with one attached hydrogen (secondary N) is 1. The van der Waals surface area contributed by atoms with Crippen LogP contribution in [0.5, 0.6) is 0 Å². The second-order valence-electron chi connectivity index (χ2n) is 5.19. The molecule has 0 atom stereocenters. The number of fused-ring (bicyclic) bond motifs is 1. The summed E-state index contributed by atoms with van der Waals surface area (Å²) in [5, 5.41) is 9.48. The molecule has 5 nitrogen and oxygen atoms in total. The molecule has 0 aliphatic rings. The van der Waals surface area contributed by atoms with E-state index in [0.29, 0.717) is 6.54 Å². The van der Waals surface area contributed by atoms with Crippen LogP contribution in [-0.2, 0) is 13.1 Å². The topological polar surface area (TPSA) is 55.6 Å². The lowest BCUT2D eigenvalue weighted by atomic mass is 10.1. The van der Waals surface area contributed by atoms with Crippen LogP contribution in [0.15, 0.2) is 48.3 Å². The number of aromatic nitrogens is 4. The number of hydrogen-bond acceptors (Lipinski definition) is 5. The highest BCUT2D eigenvalue weighted by Gasteiger charge is 2.12. The number of nitrogens with zero attached hydrogens (tertiary/aromatic N) is 4. The summed E-state index contributed by atoms with van der Waals surface area (Å²) in [5.41, 5.74) is 3.35. The summed E-state index contributed by atoms with van der Waals surface area (Å²) < 4.78 is 1.84. The molecule has 0 aliphatic carbocycles. The van der Waals surface area contributed by atoms with Gasteiger partial charge in [0.25, 0.3) is 0 Å². The first-order chi connectivity index (χ1) is 11.2. The third kappa shape index (κ3) is 3.22. The predicted molar refractivity (Wildman–Crippen MR) is 95.8 cm³/mol. The minimum atomic E-state index is 0.631. The predicted octanol–water partition coefficient (Wildman–Crippen LogP) is 3.65. The monoisotopic (exact) mass is 325 g/mol. The smallest absolute Gasteiger partial charge is 0.191 e.